The average Bonchev–Trinajstić information content (AvgIpc) is 3.07. The van der Waals surface area contributed by atoms with Crippen molar-refractivity contribution in [2.45, 2.75) is 45.7 Å². The van der Waals surface area contributed by atoms with Crippen molar-refractivity contribution >= 4 is 11.8 Å². The molecule has 0 bridgehead atoms. The first kappa shape index (κ1) is 17.5. The summed E-state index contributed by atoms with van der Waals surface area (Å²) in [6.45, 7) is 6.74. The van der Waals surface area contributed by atoms with Gasteiger partial charge in [-0.15, -0.1) is 0 Å². The van der Waals surface area contributed by atoms with E-state index in [1.807, 2.05) is 32.2 Å². The van der Waals surface area contributed by atoms with E-state index in [-0.39, 0.29) is 24.6 Å². The van der Waals surface area contributed by atoms with Crippen molar-refractivity contribution < 1.29 is 9.90 Å². The van der Waals surface area contributed by atoms with Gasteiger partial charge in [0.1, 0.15) is 5.82 Å². The number of urea groups is 1. The third-order valence-corrected chi connectivity index (χ3v) is 4.25. The average molecular weight is 320 g/mol. The topological polar surface area (TPSA) is 77.5 Å². The van der Waals surface area contributed by atoms with Crippen molar-refractivity contribution in [3.63, 3.8) is 0 Å². The molecule has 0 spiro atoms. The van der Waals surface area contributed by atoms with Crippen molar-refractivity contribution in [1.82, 2.24) is 15.6 Å². The maximum atomic E-state index is 11.9. The fraction of sp³-hybridized carbons (Fsp3) is 0.647. The number of anilines is 1. The maximum absolute atomic E-state index is 11.9. The van der Waals surface area contributed by atoms with Gasteiger partial charge < -0.3 is 20.6 Å². The van der Waals surface area contributed by atoms with E-state index in [2.05, 4.69) is 20.5 Å². The molecule has 128 valence electrons. The fourth-order valence-electron chi connectivity index (χ4n) is 2.77. The quantitative estimate of drug-likeness (QED) is 0.717. The Labute approximate surface area is 138 Å². The Kier molecular flexibility index (Phi) is 6.65. The Morgan fingerprint density at radius 2 is 2.09 bits per heavy atom. The molecular weight excluding hydrogens is 292 g/mol. The highest BCUT2D eigenvalue weighted by molar-refractivity contribution is 5.74. The van der Waals surface area contributed by atoms with E-state index in [0.717, 1.165) is 24.5 Å². The minimum atomic E-state index is -0.208. The molecule has 2 heterocycles. The molecule has 0 saturated carbocycles. The lowest BCUT2D eigenvalue weighted by molar-refractivity contribution is 0.218. The third-order valence-electron chi connectivity index (χ3n) is 4.25. The fourth-order valence-corrected chi connectivity index (χ4v) is 2.77. The minimum Gasteiger partial charge on any atom is -0.396 e. The number of amides is 2. The van der Waals surface area contributed by atoms with E-state index in [1.165, 1.54) is 12.8 Å². The molecule has 0 aromatic carbocycles. The van der Waals surface area contributed by atoms with Gasteiger partial charge in [-0.2, -0.15) is 0 Å². The second-order valence-electron chi connectivity index (χ2n) is 6.41. The zero-order chi connectivity index (χ0) is 16.7. The number of nitrogens with one attached hydrogen (secondary N) is 2. The standard InChI is InChI=1S/C17H28N4O2/c1-13(2)15(7-10-22)20-17(23)19-12-14-5-6-16(18-11-14)21-8-3-4-9-21/h5-6,11,13,15,22H,3-4,7-10,12H2,1-2H3,(H2,19,20,23). The number of aliphatic hydroxyl groups is 1. The molecule has 2 amide bonds. The first-order valence-electron chi connectivity index (χ1n) is 8.45. The monoisotopic (exact) mass is 320 g/mol. The highest BCUT2D eigenvalue weighted by Crippen LogP contribution is 2.17. The van der Waals surface area contributed by atoms with Gasteiger partial charge >= 0.3 is 6.03 Å². The molecule has 0 aliphatic carbocycles. The SMILES string of the molecule is CC(C)C(CCO)NC(=O)NCc1ccc(N2CCCC2)nc1. The zero-order valence-corrected chi connectivity index (χ0v) is 14.1. The van der Waals surface area contributed by atoms with Gasteiger partial charge in [0, 0.05) is 38.5 Å². The number of hydrogen-bond donors (Lipinski definition) is 3. The van der Waals surface area contributed by atoms with Crippen LogP contribution in [-0.2, 0) is 6.54 Å². The number of hydrogen-bond acceptors (Lipinski definition) is 4. The Morgan fingerprint density at radius 3 is 2.65 bits per heavy atom. The summed E-state index contributed by atoms with van der Waals surface area (Å²) in [4.78, 5) is 18.7. The van der Waals surface area contributed by atoms with E-state index >= 15 is 0 Å². The second-order valence-corrected chi connectivity index (χ2v) is 6.41. The zero-order valence-electron chi connectivity index (χ0n) is 14.1. The summed E-state index contributed by atoms with van der Waals surface area (Å²) in [5.41, 5.74) is 0.978. The van der Waals surface area contributed by atoms with Crippen molar-refractivity contribution in [3.8, 4) is 0 Å². The van der Waals surface area contributed by atoms with Crippen LogP contribution in [0, 0.1) is 5.92 Å². The highest BCUT2D eigenvalue weighted by atomic mass is 16.3. The summed E-state index contributed by atoms with van der Waals surface area (Å²) in [6, 6.07) is 3.80. The Balaban J connectivity index is 1.79. The minimum absolute atomic E-state index is 0.0179. The van der Waals surface area contributed by atoms with Crippen LogP contribution in [0.4, 0.5) is 10.6 Å². The van der Waals surface area contributed by atoms with Crippen LogP contribution in [0.15, 0.2) is 18.3 Å². The largest absolute Gasteiger partial charge is 0.396 e. The number of rotatable bonds is 7. The van der Waals surface area contributed by atoms with Crippen LogP contribution >= 0.6 is 0 Å². The molecule has 0 radical (unpaired) electrons. The van der Waals surface area contributed by atoms with E-state index in [9.17, 15) is 4.79 Å². The molecule has 1 aliphatic heterocycles. The molecule has 1 aromatic rings. The number of carbonyl (C=O) groups is 1. The van der Waals surface area contributed by atoms with Crippen LogP contribution in [0.1, 0.15) is 38.7 Å². The van der Waals surface area contributed by atoms with Gasteiger partial charge in [-0.1, -0.05) is 19.9 Å². The van der Waals surface area contributed by atoms with Crippen LogP contribution < -0.4 is 15.5 Å². The van der Waals surface area contributed by atoms with Crippen molar-refractivity contribution in [3.05, 3.63) is 23.9 Å². The Bertz CT molecular complexity index is 484. The summed E-state index contributed by atoms with van der Waals surface area (Å²) < 4.78 is 0. The van der Waals surface area contributed by atoms with Gasteiger partial charge in [-0.05, 0) is 36.8 Å². The van der Waals surface area contributed by atoms with Gasteiger partial charge in [-0.25, -0.2) is 9.78 Å². The number of nitrogens with zero attached hydrogens (tertiary/aromatic N) is 2. The molecule has 1 aromatic heterocycles. The Morgan fingerprint density at radius 1 is 1.35 bits per heavy atom. The predicted molar refractivity (Wildman–Crippen MR) is 91.4 cm³/mol. The van der Waals surface area contributed by atoms with Gasteiger partial charge in [0.15, 0.2) is 0 Å². The number of pyridine rings is 1. The van der Waals surface area contributed by atoms with E-state index in [0.29, 0.717) is 13.0 Å². The van der Waals surface area contributed by atoms with Crippen LogP contribution in [0.2, 0.25) is 0 Å². The van der Waals surface area contributed by atoms with Gasteiger partial charge in [0.05, 0.1) is 0 Å². The molecule has 1 aliphatic rings. The molecule has 6 heteroatoms. The summed E-state index contributed by atoms with van der Waals surface area (Å²) >= 11 is 0. The van der Waals surface area contributed by atoms with E-state index < -0.39 is 0 Å². The molecular formula is C17H28N4O2. The number of aliphatic hydroxyl groups excluding tert-OH is 1. The maximum Gasteiger partial charge on any atom is 0.315 e. The van der Waals surface area contributed by atoms with Crippen LogP contribution in [-0.4, -0.2) is 41.9 Å². The molecule has 23 heavy (non-hydrogen) atoms. The number of aromatic nitrogens is 1. The molecule has 1 fully saturated rings. The van der Waals surface area contributed by atoms with Crippen molar-refractivity contribution in [1.29, 1.82) is 0 Å². The summed E-state index contributed by atoms with van der Waals surface area (Å²) in [5, 5.41) is 14.8. The number of carbonyl (C=O) groups excluding carboxylic acids is 1. The van der Waals surface area contributed by atoms with Crippen molar-refractivity contribution in [2.24, 2.45) is 5.92 Å². The smallest absolute Gasteiger partial charge is 0.315 e. The van der Waals surface area contributed by atoms with Crippen LogP contribution in [0.5, 0.6) is 0 Å². The lowest BCUT2D eigenvalue weighted by Crippen LogP contribution is -2.44. The highest BCUT2D eigenvalue weighted by Gasteiger charge is 2.16. The van der Waals surface area contributed by atoms with Gasteiger partial charge in [0.2, 0.25) is 0 Å². The van der Waals surface area contributed by atoms with Crippen molar-refractivity contribution in [2.75, 3.05) is 24.6 Å². The summed E-state index contributed by atoms with van der Waals surface area (Å²) in [5.74, 6) is 1.30. The summed E-state index contributed by atoms with van der Waals surface area (Å²) in [6.07, 6.45) is 4.85. The lowest BCUT2D eigenvalue weighted by atomic mass is 10.0. The van der Waals surface area contributed by atoms with Crippen LogP contribution in [0.3, 0.4) is 0 Å². The molecule has 6 nitrogen and oxygen atoms in total. The molecule has 1 saturated heterocycles. The molecule has 2 rings (SSSR count). The lowest BCUT2D eigenvalue weighted by Gasteiger charge is -2.21. The molecule has 1 unspecified atom stereocenters. The summed E-state index contributed by atoms with van der Waals surface area (Å²) in [7, 11) is 0. The normalized spacial score (nSPS) is 15.7. The predicted octanol–water partition coefficient (Wildman–Crippen LogP) is 1.89. The van der Waals surface area contributed by atoms with E-state index in [4.69, 9.17) is 5.11 Å². The van der Waals surface area contributed by atoms with E-state index in [1.54, 1.807) is 0 Å². The molecule has 1 atom stereocenters. The Hall–Kier alpha value is -1.82. The van der Waals surface area contributed by atoms with Gasteiger partial charge in [-0.3, -0.25) is 0 Å². The first-order chi connectivity index (χ1) is 11.1. The van der Waals surface area contributed by atoms with Gasteiger partial charge in [0.25, 0.3) is 0 Å². The second kappa shape index (κ2) is 8.72. The molecule has 3 N–H and O–H groups in total. The first-order valence-corrected chi connectivity index (χ1v) is 8.45. The van der Waals surface area contributed by atoms with Crippen LogP contribution in [0.25, 0.3) is 0 Å². The third kappa shape index (κ3) is 5.39.